The molecule has 0 saturated heterocycles. The van der Waals surface area contributed by atoms with Gasteiger partial charge in [-0.2, -0.15) is 0 Å². The summed E-state index contributed by atoms with van der Waals surface area (Å²) in [5.74, 6) is -0.336. The molecule has 23 heavy (non-hydrogen) atoms. The van der Waals surface area contributed by atoms with Gasteiger partial charge < -0.3 is 10.6 Å². The predicted molar refractivity (Wildman–Crippen MR) is 92.7 cm³/mol. The largest absolute Gasteiger partial charge is 0.384 e. The lowest BCUT2D eigenvalue weighted by Crippen LogP contribution is -2.27. The SMILES string of the molecule is O=C(CCNc1ccc(Cl)c(Cl)c1)NCCc1ccccc1F. The number of hydrogen-bond donors (Lipinski definition) is 2. The van der Waals surface area contributed by atoms with Crippen molar-refractivity contribution in [1.82, 2.24) is 5.32 Å². The van der Waals surface area contributed by atoms with Gasteiger partial charge >= 0.3 is 0 Å². The van der Waals surface area contributed by atoms with Crippen LogP contribution in [-0.4, -0.2) is 19.0 Å². The van der Waals surface area contributed by atoms with E-state index in [1.54, 1.807) is 36.4 Å². The smallest absolute Gasteiger partial charge is 0.221 e. The van der Waals surface area contributed by atoms with Gasteiger partial charge in [0.25, 0.3) is 0 Å². The number of carbonyl (C=O) groups is 1. The third-order valence-corrected chi connectivity index (χ3v) is 4.01. The lowest BCUT2D eigenvalue weighted by Gasteiger charge is -2.08. The van der Waals surface area contributed by atoms with Gasteiger partial charge in [0.15, 0.2) is 0 Å². The molecular formula is C17H17Cl2FN2O. The van der Waals surface area contributed by atoms with Crippen molar-refractivity contribution in [3.05, 3.63) is 63.9 Å². The Kier molecular flexibility index (Phi) is 6.68. The minimum atomic E-state index is -0.247. The summed E-state index contributed by atoms with van der Waals surface area (Å²) in [5.41, 5.74) is 1.40. The van der Waals surface area contributed by atoms with Crippen LogP contribution in [0.3, 0.4) is 0 Å². The van der Waals surface area contributed by atoms with E-state index in [1.165, 1.54) is 6.07 Å². The molecule has 0 bridgehead atoms. The maximum atomic E-state index is 13.4. The second-order valence-electron chi connectivity index (χ2n) is 5.00. The van der Waals surface area contributed by atoms with Gasteiger partial charge in [-0.25, -0.2) is 4.39 Å². The fraction of sp³-hybridized carbons (Fsp3) is 0.235. The van der Waals surface area contributed by atoms with Crippen LogP contribution >= 0.6 is 23.2 Å². The first-order valence-corrected chi connectivity index (χ1v) is 8.01. The molecule has 3 nitrogen and oxygen atoms in total. The molecule has 0 aliphatic rings. The Morgan fingerprint density at radius 3 is 2.57 bits per heavy atom. The minimum Gasteiger partial charge on any atom is -0.384 e. The Labute approximate surface area is 144 Å². The van der Waals surface area contributed by atoms with Crippen molar-refractivity contribution < 1.29 is 9.18 Å². The zero-order chi connectivity index (χ0) is 16.7. The van der Waals surface area contributed by atoms with Crippen molar-refractivity contribution in [3.63, 3.8) is 0 Å². The van der Waals surface area contributed by atoms with E-state index in [2.05, 4.69) is 10.6 Å². The molecule has 2 aromatic rings. The molecule has 0 fully saturated rings. The van der Waals surface area contributed by atoms with E-state index in [4.69, 9.17) is 23.2 Å². The predicted octanol–water partition coefficient (Wildman–Crippen LogP) is 4.29. The molecule has 0 aromatic heterocycles. The number of amides is 1. The number of nitrogens with one attached hydrogen (secondary N) is 2. The van der Waals surface area contributed by atoms with Gasteiger partial charge in [-0.1, -0.05) is 41.4 Å². The highest BCUT2D eigenvalue weighted by Crippen LogP contribution is 2.24. The summed E-state index contributed by atoms with van der Waals surface area (Å²) in [6.45, 7) is 0.885. The second-order valence-corrected chi connectivity index (χ2v) is 5.81. The van der Waals surface area contributed by atoms with Crippen LogP contribution in [0.2, 0.25) is 10.0 Å². The average Bonchev–Trinajstić information content (AvgIpc) is 2.53. The Balaban J connectivity index is 1.67. The summed E-state index contributed by atoms with van der Waals surface area (Å²) < 4.78 is 13.4. The highest BCUT2D eigenvalue weighted by Gasteiger charge is 2.04. The van der Waals surface area contributed by atoms with Gasteiger partial charge in [0, 0.05) is 25.2 Å². The van der Waals surface area contributed by atoms with E-state index >= 15 is 0 Å². The van der Waals surface area contributed by atoms with E-state index in [0.717, 1.165) is 5.69 Å². The lowest BCUT2D eigenvalue weighted by atomic mass is 10.1. The zero-order valence-corrected chi connectivity index (χ0v) is 13.9. The van der Waals surface area contributed by atoms with Crippen molar-refractivity contribution in [3.8, 4) is 0 Å². The number of anilines is 1. The Morgan fingerprint density at radius 2 is 1.83 bits per heavy atom. The van der Waals surface area contributed by atoms with Crippen LogP contribution in [0.4, 0.5) is 10.1 Å². The highest BCUT2D eigenvalue weighted by atomic mass is 35.5. The molecule has 0 heterocycles. The summed E-state index contributed by atoms with van der Waals surface area (Å²) in [6, 6.07) is 11.8. The molecule has 0 aliphatic carbocycles. The third-order valence-electron chi connectivity index (χ3n) is 3.28. The maximum Gasteiger partial charge on any atom is 0.221 e. The summed E-state index contributed by atoms with van der Waals surface area (Å²) in [6.07, 6.45) is 0.788. The average molecular weight is 355 g/mol. The van der Waals surface area contributed by atoms with E-state index in [9.17, 15) is 9.18 Å². The van der Waals surface area contributed by atoms with Crippen molar-refractivity contribution in [2.75, 3.05) is 18.4 Å². The van der Waals surface area contributed by atoms with E-state index in [1.807, 2.05) is 0 Å². The van der Waals surface area contributed by atoms with E-state index in [0.29, 0.717) is 41.5 Å². The summed E-state index contributed by atoms with van der Waals surface area (Å²) in [7, 11) is 0. The molecule has 0 spiro atoms. The molecule has 1 amide bonds. The molecule has 0 atom stereocenters. The van der Waals surface area contributed by atoms with Crippen LogP contribution in [0.25, 0.3) is 0 Å². The van der Waals surface area contributed by atoms with Crippen LogP contribution < -0.4 is 10.6 Å². The van der Waals surface area contributed by atoms with E-state index in [-0.39, 0.29) is 11.7 Å². The van der Waals surface area contributed by atoms with Crippen LogP contribution in [0.15, 0.2) is 42.5 Å². The Hall–Kier alpha value is -1.78. The molecule has 6 heteroatoms. The quantitative estimate of drug-likeness (QED) is 0.778. The normalized spacial score (nSPS) is 10.4. The molecule has 2 rings (SSSR count). The zero-order valence-electron chi connectivity index (χ0n) is 12.4. The van der Waals surface area contributed by atoms with Crippen molar-refractivity contribution >= 4 is 34.8 Å². The maximum absolute atomic E-state index is 13.4. The monoisotopic (exact) mass is 354 g/mol. The van der Waals surface area contributed by atoms with Gasteiger partial charge in [0.2, 0.25) is 5.91 Å². The standard InChI is InChI=1S/C17H17Cl2FN2O/c18-14-6-5-13(11-15(14)19)21-10-8-17(23)22-9-7-12-3-1-2-4-16(12)20/h1-6,11,21H,7-10H2,(H,22,23). The van der Waals surface area contributed by atoms with Gasteiger partial charge in [-0.3, -0.25) is 4.79 Å². The number of rotatable bonds is 7. The summed E-state index contributed by atoms with van der Waals surface area (Å²) in [4.78, 5) is 11.7. The van der Waals surface area contributed by atoms with Gasteiger partial charge in [-0.05, 0) is 36.2 Å². The lowest BCUT2D eigenvalue weighted by molar-refractivity contribution is -0.120. The van der Waals surface area contributed by atoms with Gasteiger partial charge in [0.1, 0.15) is 5.82 Å². The summed E-state index contributed by atoms with van der Waals surface area (Å²) >= 11 is 11.7. The van der Waals surface area contributed by atoms with Crippen LogP contribution in [0, 0.1) is 5.82 Å². The number of halogens is 3. The highest BCUT2D eigenvalue weighted by molar-refractivity contribution is 6.42. The first kappa shape index (κ1) is 17.6. The van der Waals surface area contributed by atoms with E-state index < -0.39 is 0 Å². The second kappa shape index (κ2) is 8.75. The number of benzene rings is 2. The van der Waals surface area contributed by atoms with Crippen LogP contribution in [-0.2, 0) is 11.2 Å². The first-order valence-electron chi connectivity index (χ1n) is 7.25. The number of hydrogen-bond acceptors (Lipinski definition) is 2. The molecule has 2 N–H and O–H groups in total. The van der Waals surface area contributed by atoms with Gasteiger partial charge in [0.05, 0.1) is 10.0 Å². The topological polar surface area (TPSA) is 41.1 Å². The van der Waals surface area contributed by atoms with Gasteiger partial charge in [-0.15, -0.1) is 0 Å². The van der Waals surface area contributed by atoms with Crippen LogP contribution in [0.5, 0.6) is 0 Å². The molecule has 0 radical (unpaired) electrons. The third kappa shape index (κ3) is 5.73. The molecule has 122 valence electrons. The first-order chi connectivity index (χ1) is 11.1. The fourth-order valence-electron chi connectivity index (χ4n) is 2.05. The van der Waals surface area contributed by atoms with Crippen molar-refractivity contribution in [2.45, 2.75) is 12.8 Å². The van der Waals surface area contributed by atoms with Crippen LogP contribution in [0.1, 0.15) is 12.0 Å². The molecular weight excluding hydrogens is 338 g/mol. The van der Waals surface area contributed by atoms with Crippen molar-refractivity contribution in [2.24, 2.45) is 0 Å². The molecule has 0 saturated carbocycles. The number of carbonyl (C=O) groups excluding carboxylic acids is 1. The molecule has 0 unspecified atom stereocenters. The Bertz CT molecular complexity index is 679. The molecule has 0 aliphatic heterocycles. The minimum absolute atomic E-state index is 0.0890. The molecule has 2 aromatic carbocycles. The summed E-state index contributed by atoms with van der Waals surface area (Å²) in [5, 5.41) is 6.82. The Morgan fingerprint density at radius 1 is 1.04 bits per heavy atom. The fourth-order valence-corrected chi connectivity index (χ4v) is 2.35. The van der Waals surface area contributed by atoms with Crippen molar-refractivity contribution in [1.29, 1.82) is 0 Å².